The number of aromatic nitrogens is 1. The molecule has 4 rings (SSSR count). The summed E-state index contributed by atoms with van der Waals surface area (Å²) in [6.45, 7) is 2.70. The molecule has 1 aromatic heterocycles. The largest absolute Gasteiger partial charge is 0.346 e. The number of rotatable bonds is 5. The van der Waals surface area contributed by atoms with Crippen LogP contribution in [0.15, 0.2) is 5.38 Å². The van der Waals surface area contributed by atoms with Gasteiger partial charge in [0.15, 0.2) is 0 Å². The van der Waals surface area contributed by atoms with Gasteiger partial charge in [0.2, 0.25) is 11.8 Å². The highest BCUT2D eigenvalue weighted by atomic mass is 32.1. The molecule has 6 heteroatoms. The van der Waals surface area contributed by atoms with Crippen LogP contribution >= 0.6 is 11.3 Å². The Balaban J connectivity index is 1.38. The molecule has 124 valence electrons. The van der Waals surface area contributed by atoms with E-state index in [0.717, 1.165) is 37.9 Å². The first-order chi connectivity index (χ1) is 11.1. The highest BCUT2D eigenvalue weighted by Gasteiger charge is 2.41. The molecule has 2 atom stereocenters. The molecule has 2 unspecified atom stereocenters. The standard InChI is InChI=1S/C17H23N3O2S/c1-10(13-9-23-16(19-13)11-4-5-11)18-15(21)14-3-2-8-20(14)17(22)12-6-7-12/h9-12,14H,2-8H2,1H3,(H,18,21). The van der Waals surface area contributed by atoms with Crippen LogP contribution in [-0.2, 0) is 9.59 Å². The SMILES string of the molecule is CC(NC(=O)C1CCCN1C(=O)C1CC1)c1csc(C2CC2)n1. The molecule has 3 aliphatic rings. The van der Waals surface area contributed by atoms with Crippen molar-refractivity contribution in [3.05, 3.63) is 16.1 Å². The summed E-state index contributed by atoms with van der Waals surface area (Å²) in [6, 6.07) is -0.378. The Kier molecular flexibility index (Phi) is 3.87. The first-order valence-corrected chi connectivity index (χ1v) is 9.57. The summed E-state index contributed by atoms with van der Waals surface area (Å²) in [5, 5.41) is 6.32. The smallest absolute Gasteiger partial charge is 0.243 e. The van der Waals surface area contributed by atoms with E-state index in [1.54, 1.807) is 16.2 Å². The predicted molar refractivity (Wildman–Crippen MR) is 88.1 cm³/mol. The first kappa shape index (κ1) is 15.1. The van der Waals surface area contributed by atoms with Crippen LogP contribution in [0.3, 0.4) is 0 Å². The molecule has 1 aliphatic heterocycles. The van der Waals surface area contributed by atoms with Gasteiger partial charge in [-0.05, 0) is 45.4 Å². The van der Waals surface area contributed by atoms with Crippen molar-refractivity contribution in [1.82, 2.24) is 15.2 Å². The molecule has 2 saturated carbocycles. The molecule has 2 aliphatic carbocycles. The number of thiazole rings is 1. The lowest BCUT2D eigenvalue weighted by molar-refractivity contribution is -0.139. The number of likely N-dealkylation sites (tertiary alicyclic amines) is 1. The zero-order valence-electron chi connectivity index (χ0n) is 13.5. The number of nitrogens with zero attached hydrogens (tertiary/aromatic N) is 2. The molecular formula is C17H23N3O2S. The van der Waals surface area contributed by atoms with Crippen LogP contribution in [-0.4, -0.2) is 34.3 Å². The van der Waals surface area contributed by atoms with Crippen LogP contribution in [0.2, 0.25) is 0 Å². The summed E-state index contributed by atoms with van der Waals surface area (Å²) < 4.78 is 0. The van der Waals surface area contributed by atoms with Crippen LogP contribution in [0, 0.1) is 5.92 Å². The van der Waals surface area contributed by atoms with Gasteiger partial charge < -0.3 is 10.2 Å². The minimum Gasteiger partial charge on any atom is -0.346 e. The Morgan fingerprint density at radius 2 is 2.09 bits per heavy atom. The molecule has 1 saturated heterocycles. The Hall–Kier alpha value is -1.43. The van der Waals surface area contributed by atoms with Crippen molar-refractivity contribution in [1.29, 1.82) is 0 Å². The number of amides is 2. The van der Waals surface area contributed by atoms with Gasteiger partial charge in [0.25, 0.3) is 0 Å². The summed E-state index contributed by atoms with van der Waals surface area (Å²) in [7, 11) is 0. The van der Waals surface area contributed by atoms with Gasteiger partial charge in [0.05, 0.1) is 16.7 Å². The molecule has 0 bridgehead atoms. The van der Waals surface area contributed by atoms with E-state index in [9.17, 15) is 9.59 Å². The Morgan fingerprint density at radius 3 is 2.78 bits per heavy atom. The topological polar surface area (TPSA) is 62.3 Å². The van der Waals surface area contributed by atoms with Crippen LogP contribution in [0.5, 0.6) is 0 Å². The molecule has 0 aromatic carbocycles. The molecule has 1 N–H and O–H groups in total. The Labute approximate surface area is 140 Å². The molecule has 1 aromatic rings. The third-order valence-electron chi connectivity index (χ3n) is 5.03. The summed E-state index contributed by atoms with van der Waals surface area (Å²) in [5.41, 5.74) is 0.948. The van der Waals surface area contributed by atoms with E-state index < -0.39 is 0 Å². The van der Waals surface area contributed by atoms with E-state index in [2.05, 4.69) is 15.7 Å². The quantitative estimate of drug-likeness (QED) is 0.901. The number of nitrogens with one attached hydrogen (secondary N) is 1. The van der Waals surface area contributed by atoms with Gasteiger partial charge in [-0.1, -0.05) is 0 Å². The van der Waals surface area contributed by atoms with Gasteiger partial charge >= 0.3 is 0 Å². The van der Waals surface area contributed by atoms with Crippen LogP contribution in [0.25, 0.3) is 0 Å². The van der Waals surface area contributed by atoms with E-state index >= 15 is 0 Å². The van der Waals surface area contributed by atoms with Gasteiger partial charge in [0.1, 0.15) is 6.04 Å². The van der Waals surface area contributed by atoms with Crippen molar-refractivity contribution >= 4 is 23.2 Å². The van der Waals surface area contributed by atoms with Crippen molar-refractivity contribution in [2.45, 2.75) is 63.5 Å². The number of carbonyl (C=O) groups excluding carboxylic acids is 2. The predicted octanol–water partition coefficient (Wildman–Crippen LogP) is 2.60. The van der Waals surface area contributed by atoms with Crippen molar-refractivity contribution in [3.63, 3.8) is 0 Å². The zero-order valence-corrected chi connectivity index (χ0v) is 14.3. The van der Waals surface area contributed by atoms with Crippen molar-refractivity contribution in [3.8, 4) is 0 Å². The Bertz CT molecular complexity index is 621. The van der Waals surface area contributed by atoms with Gasteiger partial charge in [-0.25, -0.2) is 4.98 Å². The average Bonchev–Trinajstić information content (AvgIpc) is 3.46. The fourth-order valence-electron chi connectivity index (χ4n) is 3.27. The fraction of sp³-hybridized carbons (Fsp3) is 0.706. The minimum atomic E-state index is -0.285. The summed E-state index contributed by atoms with van der Waals surface area (Å²) in [5.74, 6) is 0.989. The van der Waals surface area contributed by atoms with Crippen LogP contribution in [0.4, 0.5) is 0 Å². The first-order valence-electron chi connectivity index (χ1n) is 8.69. The molecule has 2 amide bonds. The summed E-state index contributed by atoms with van der Waals surface area (Å²) in [4.78, 5) is 31.4. The maximum Gasteiger partial charge on any atom is 0.243 e. The molecule has 0 spiro atoms. The second-order valence-corrected chi connectivity index (χ2v) is 7.97. The number of hydrogen-bond acceptors (Lipinski definition) is 4. The third-order valence-corrected chi connectivity index (χ3v) is 6.06. The number of hydrogen-bond donors (Lipinski definition) is 1. The van der Waals surface area contributed by atoms with E-state index in [1.807, 2.05) is 6.92 Å². The van der Waals surface area contributed by atoms with Crippen molar-refractivity contribution in [2.75, 3.05) is 6.54 Å². The second-order valence-electron chi connectivity index (χ2n) is 7.08. The lowest BCUT2D eigenvalue weighted by atomic mass is 10.1. The van der Waals surface area contributed by atoms with Gasteiger partial charge in [-0.3, -0.25) is 9.59 Å². The number of carbonyl (C=O) groups is 2. The molecular weight excluding hydrogens is 310 g/mol. The molecule has 23 heavy (non-hydrogen) atoms. The second kappa shape index (κ2) is 5.89. The van der Waals surface area contributed by atoms with Gasteiger partial charge in [-0.2, -0.15) is 0 Å². The molecule has 2 heterocycles. The highest BCUT2D eigenvalue weighted by Crippen LogP contribution is 2.41. The Morgan fingerprint density at radius 1 is 1.30 bits per heavy atom. The third kappa shape index (κ3) is 3.13. The van der Waals surface area contributed by atoms with Gasteiger partial charge in [-0.15, -0.1) is 11.3 Å². The van der Waals surface area contributed by atoms with Crippen molar-refractivity contribution < 1.29 is 9.59 Å². The molecule has 3 fully saturated rings. The van der Waals surface area contributed by atoms with Gasteiger partial charge in [0, 0.05) is 23.8 Å². The normalized spacial score (nSPS) is 25.4. The average molecular weight is 333 g/mol. The van der Waals surface area contributed by atoms with E-state index in [-0.39, 0.29) is 29.8 Å². The summed E-state index contributed by atoms with van der Waals surface area (Å²) in [6.07, 6.45) is 6.17. The van der Waals surface area contributed by atoms with E-state index in [1.165, 1.54) is 17.8 Å². The monoisotopic (exact) mass is 333 g/mol. The highest BCUT2D eigenvalue weighted by molar-refractivity contribution is 7.09. The van der Waals surface area contributed by atoms with Crippen LogP contribution < -0.4 is 5.32 Å². The fourth-order valence-corrected chi connectivity index (χ4v) is 4.35. The lowest BCUT2D eigenvalue weighted by Gasteiger charge is -2.25. The van der Waals surface area contributed by atoms with Crippen molar-refractivity contribution in [2.24, 2.45) is 5.92 Å². The maximum absolute atomic E-state index is 12.6. The zero-order chi connectivity index (χ0) is 16.0. The summed E-state index contributed by atoms with van der Waals surface area (Å²) >= 11 is 1.70. The maximum atomic E-state index is 12.6. The van der Waals surface area contributed by atoms with Crippen LogP contribution in [0.1, 0.15) is 68.1 Å². The van der Waals surface area contributed by atoms with E-state index in [4.69, 9.17) is 0 Å². The lowest BCUT2D eigenvalue weighted by Crippen LogP contribution is -2.47. The molecule has 5 nitrogen and oxygen atoms in total. The minimum absolute atomic E-state index is 0.0232. The molecule has 0 radical (unpaired) electrons. The van der Waals surface area contributed by atoms with E-state index in [0.29, 0.717) is 5.92 Å².